The maximum atomic E-state index is 13.1. The lowest BCUT2D eigenvalue weighted by Gasteiger charge is -2.17. The molecule has 0 radical (unpaired) electrons. The van der Waals surface area contributed by atoms with Crippen molar-refractivity contribution in [1.29, 1.82) is 0 Å². The van der Waals surface area contributed by atoms with Gasteiger partial charge in [-0.3, -0.25) is 9.69 Å². The van der Waals surface area contributed by atoms with Gasteiger partial charge in [-0.15, -0.1) is 0 Å². The van der Waals surface area contributed by atoms with E-state index >= 15 is 0 Å². The molecule has 0 aromatic heterocycles. The molecule has 1 aliphatic rings. The van der Waals surface area contributed by atoms with Gasteiger partial charge in [-0.1, -0.05) is 43.0 Å². The van der Waals surface area contributed by atoms with Gasteiger partial charge in [0.15, 0.2) is 16.7 Å². The first-order valence-corrected chi connectivity index (χ1v) is 10.3. The standard InChI is InChI=1S/C22H24N2O3S/c1-4-13-28-22-23-18(21(25)24(22)17-9-7-6-8-10-17)14-16-11-12-19(27-5-2)20(15-16)26-3/h6-12,14-15H,4-5,13H2,1-3H3. The van der Waals surface area contributed by atoms with Crippen LogP contribution in [0.5, 0.6) is 11.5 Å². The lowest BCUT2D eigenvalue weighted by molar-refractivity contribution is -0.113. The fraction of sp³-hybridized carbons (Fsp3) is 0.273. The Bertz CT molecular complexity index is 894. The second kappa shape index (κ2) is 9.46. The zero-order valence-electron chi connectivity index (χ0n) is 16.3. The molecule has 146 valence electrons. The first kappa shape index (κ1) is 20.0. The predicted octanol–water partition coefficient (Wildman–Crippen LogP) is 4.98. The van der Waals surface area contributed by atoms with E-state index in [1.807, 2.05) is 55.5 Å². The van der Waals surface area contributed by atoms with Crippen molar-refractivity contribution in [3.05, 3.63) is 59.8 Å². The summed E-state index contributed by atoms with van der Waals surface area (Å²) in [6, 6.07) is 15.2. The minimum atomic E-state index is -0.127. The van der Waals surface area contributed by atoms with E-state index in [4.69, 9.17) is 9.47 Å². The van der Waals surface area contributed by atoms with Gasteiger partial charge in [0.1, 0.15) is 5.70 Å². The quantitative estimate of drug-likeness (QED) is 0.619. The number of anilines is 1. The average Bonchev–Trinajstić information content (AvgIpc) is 3.03. The van der Waals surface area contributed by atoms with Crippen LogP contribution in [0.4, 0.5) is 5.69 Å². The molecule has 0 saturated carbocycles. The molecule has 0 unspecified atom stereocenters. The molecule has 6 heteroatoms. The van der Waals surface area contributed by atoms with Gasteiger partial charge < -0.3 is 9.47 Å². The molecular weight excluding hydrogens is 372 g/mol. The molecule has 3 rings (SSSR count). The van der Waals surface area contributed by atoms with Crippen molar-refractivity contribution < 1.29 is 14.3 Å². The number of benzene rings is 2. The fourth-order valence-corrected chi connectivity index (χ4v) is 3.66. The van der Waals surface area contributed by atoms with Crippen LogP contribution in [0.3, 0.4) is 0 Å². The molecule has 1 heterocycles. The largest absolute Gasteiger partial charge is 0.493 e. The zero-order valence-corrected chi connectivity index (χ0v) is 17.2. The van der Waals surface area contributed by atoms with Crippen LogP contribution in [0.1, 0.15) is 25.8 Å². The zero-order chi connectivity index (χ0) is 19.9. The number of hydrogen-bond donors (Lipinski definition) is 0. The van der Waals surface area contributed by atoms with Crippen molar-refractivity contribution in [2.75, 3.05) is 24.4 Å². The number of hydrogen-bond acceptors (Lipinski definition) is 5. The first-order chi connectivity index (χ1) is 13.7. The number of ether oxygens (including phenoxy) is 2. The molecule has 2 aromatic rings. The number of para-hydroxylation sites is 1. The van der Waals surface area contributed by atoms with Crippen LogP contribution in [0.25, 0.3) is 6.08 Å². The van der Waals surface area contributed by atoms with E-state index < -0.39 is 0 Å². The van der Waals surface area contributed by atoms with Crippen molar-refractivity contribution in [3.8, 4) is 11.5 Å². The van der Waals surface area contributed by atoms with Crippen LogP contribution in [0, 0.1) is 0 Å². The van der Waals surface area contributed by atoms with Gasteiger partial charge >= 0.3 is 0 Å². The summed E-state index contributed by atoms with van der Waals surface area (Å²) in [6.07, 6.45) is 2.80. The molecule has 0 N–H and O–H groups in total. The van der Waals surface area contributed by atoms with Crippen LogP contribution in [0.15, 0.2) is 59.2 Å². The predicted molar refractivity (Wildman–Crippen MR) is 116 cm³/mol. The summed E-state index contributed by atoms with van der Waals surface area (Å²) < 4.78 is 11.0. The number of thioether (sulfide) groups is 1. The van der Waals surface area contributed by atoms with Gasteiger partial charge in [-0.05, 0) is 49.2 Å². The van der Waals surface area contributed by atoms with Crippen molar-refractivity contribution in [2.45, 2.75) is 20.3 Å². The Kier molecular flexibility index (Phi) is 6.76. The smallest absolute Gasteiger partial charge is 0.283 e. The third-order valence-electron chi connectivity index (χ3n) is 4.07. The Morgan fingerprint density at radius 1 is 1.11 bits per heavy atom. The molecule has 0 atom stereocenters. The molecule has 1 aliphatic heterocycles. The summed E-state index contributed by atoms with van der Waals surface area (Å²) in [5, 5.41) is 0.710. The van der Waals surface area contributed by atoms with Gasteiger partial charge in [0.25, 0.3) is 5.91 Å². The molecule has 1 amide bonds. The number of aliphatic imine (C=N–C) groups is 1. The van der Waals surface area contributed by atoms with Crippen LogP contribution in [-0.2, 0) is 4.79 Å². The Morgan fingerprint density at radius 2 is 1.89 bits per heavy atom. The molecule has 0 bridgehead atoms. The summed E-state index contributed by atoms with van der Waals surface area (Å²) >= 11 is 1.59. The summed E-state index contributed by atoms with van der Waals surface area (Å²) in [5.41, 5.74) is 2.07. The molecule has 0 spiro atoms. The molecule has 28 heavy (non-hydrogen) atoms. The first-order valence-electron chi connectivity index (χ1n) is 9.31. The van der Waals surface area contributed by atoms with Gasteiger partial charge in [0, 0.05) is 5.75 Å². The Morgan fingerprint density at radius 3 is 2.57 bits per heavy atom. The Balaban J connectivity index is 1.95. The molecule has 0 aliphatic carbocycles. The molecule has 2 aromatic carbocycles. The van der Waals surface area contributed by atoms with E-state index in [0.29, 0.717) is 29.0 Å². The van der Waals surface area contributed by atoms with E-state index in [9.17, 15) is 4.79 Å². The molecule has 5 nitrogen and oxygen atoms in total. The lowest BCUT2D eigenvalue weighted by Crippen LogP contribution is -2.30. The maximum absolute atomic E-state index is 13.1. The minimum Gasteiger partial charge on any atom is -0.493 e. The Hall–Kier alpha value is -2.73. The van der Waals surface area contributed by atoms with Crippen LogP contribution in [0.2, 0.25) is 0 Å². The number of carbonyl (C=O) groups is 1. The second-order valence-electron chi connectivity index (χ2n) is 6.09. The monoisotopic (exact) mass is 396 g/mol. The van der Waals surface area contributed by atoms with Gasteiger partial charge in [-0.25, -0.2) is 4.99 Å². The maximum Gasteiger partial charge on any atom is 0.283 e. The lowest BCUT2D eigenvalue weighted by atomic mass is 10.1. The number of methoxy groups -OCH3 is 1. The van der Waals surface area contributed by atoms with E-state index in [-0.39, 0.29) is 5.91 Å². The average molecular weight is 397 g/mol. The van der Waals surface area contributed by atoms with Gasteiger partial charge in [0.05, 0.1) is 19.4 Å². The van der Waals surface area contributed by atoms with Gasteiger partial charge in [0.2, 0.25) is 0 Å². The highest BCUT2D eigenvalue weighted by molar-refractivity contribution is 8.14. The summed E-state index contributed by atoms with van der Waals surface area (Å²) in [5.74, 6) is 2.09. The highest BCUT2D eigenvalue weighted by Gasteiger charge is 2.31. The summed E-state index contributed by atoms with van der Waals surface area (Å²) in [6.45, 7) is 4.60. The molecule has 0 fully saturated rings. The number of amidine groups is 1. The molecular formula is C22H24N2O3S. The third-order valence-corrected chi connectivity index (χ3v) is 5.21. The van der Waals surface area contributed by atoms with Gasteiger partial charge in [-0.2, -0.15) is 0 Å². The summed E-state index contributed by atoms with van der Waals surface area (Å²) in [7, 11) is 1.60. The second-order valence-corrected chi connectivity index (χ2v) is 7.15. The Labute approximate surface area is 170 Å². The van der Waals surface area contributed by atoms with Crippen molar-refractivity contribution >= 4 is 34.6 Å². The van der Waals surface area contributed by atoms with Crippen molar-refractivity contribution in [3.63, 3.8) is 0 Å². The normalized spacial score (nSPS) is 15.1. The van der Waals surface area contributed by atoms with Crippen LogP contribution in [-0.4, -0.2) is 30.5 Å². The highest BCUT2D eigenvalue weighted by Crippen LogP contribution is 2.32. The number of rotatable bonds is 7. The highest BCUT2D eigenvalue weighted by atomic mass is 32.2. The van der Waals surface area contributed by atoms with E-state index in [1.54, 1.807) is 29.8 Å². The van der Waals surface area contributed by atoms with E-state index in [1.165, 1.54) is 0 Å². The topological polar surface area (TPSA) is 51.1 Å². The van der Waals surface area contributed by atoms with E-state index in [0.717, 1.165) is 23.4 Å². The van der Waals surface area contributed by atoms with E-state index in [2.05, 4.69) is 11.9 Å². The number of nitrogens with zero attached hydrogens (tertiary/aromatic N) is 2. The summed E-state index contributed by atoms with van der Waals surface area (Å²) in [4.78, 5) is 19.4. The number of carbonyl (C=O) groups excluding carboxylic acids is 1. The third kappa shape index (κ3) is 4.39. The van der Waals surface area contributed by atoms with Crippen LogP contribution < -0.4 is 14.4 Å². The SMILES string of the molecule is CCCSC1=NC(=Cc2ccc(OCC)c(OC)c2)C(=O)N1c1ccccc1. The fourth-order valence-electron chi connectivity index (χ4n) is 2.80. The van der Waals surface area contributed by atoms with Crippen molar-refractivity contribution in [2.24, 2.45) is 4.99 Å². The number of amides is 1. The van der Waals surface area contributed by atoms with Crippen LogP contribution >= 0.6 is 11.8 Å². The molecule has 0 saturated heterocycles. The minimum absolute atomic E-state index is 0.127. The van der Waals surface area contributed by atoms with Crippen molar-refractivity contribution in [1.82, 2.24) is 0 Å².